The van der Waals surface area contributed by atoms with Crippen molar-refractivity contribution >= 4 is 17.3 Å². The predicted octanol–water partition coefficient (Wildman–Crippen LogP) is 2.79. The summed E-state index contributed by atoms with van der Waals surface area (Å²) in [5.41, 5.74) is -0.144. The molecular weight excluding hydrogens is 267 g/mol. The summed E-state index contributed by atoms with van der Waals surface area (Å²) in [5, 5.41) is 22.6. The van der Waals surface area contributed by atoms with Crippen molar-refractivity contribution in [3.8, 4) is 0 Å². The van der Waals surface area contributed by atoms with Crippen LogP contribution < -0.4 is 5.32 Å². The standard InChI is InChI=1S/C13H15FN2O4/c14-11-5-4-10(16(19)20)7-12(11)15-9-3-1-2-8(6-9)13(17)18/h4-5,7-9,15H,1-3,6H2,(H,17,18). The third-order valence-electron chi connectivity index (χ3n) is 3.54. The molecule has 7 heteroatoms. The summed E-state index contributed by atoms with van der Waals surface area (Å²) in [6.07, 6.45) is 2.49. The molecule has 1 fully saturated rings. The number of carboxylic acids is 1. The van der Waals surface area contributed by atoms with Crippen LogP contribution in [0.5, 0.6) is 0 Å². The van der Waals surface area contributed by atoms with Gasteiger partial charge in [0.2, 0.25) is 0 Å². The first kappa shape index (κ1) is 14.2. The lowest BCUT2D eigenvalue weighted by molar-refractivity contribution is -0.384. The molecule has 1 aliphatic carbocycles. The monoisotopic (exact) mass is 282 g/mol. The number of nitro groups is 1. The number of anilines is 1. The van der Waals surface area contributed by atoms with Gasteiger partial charge in [0, 0.05) is 18.2 Å². The van der Waals surface area contributed by atoms with E-state index in [0.29, 0.717) is 12.8 Å². The van der Waals surface area contributed by atoms with Crippen molar-refractivity contribution in [3.63, 3.8) is 0 Å². The fourth-order valence-electron chi connectivity index (χ4n) is 2.50. The van der Waals surface area contributed by atoms with E-state index in [-0.39, 0.29) is 17.4 Å². The second kappa shape index (κ2) is 5.85. The molecule has 0 aromatic heterocycles. The molecule has 0 heterocycles. The van der Waals surface area contributed by atoms with Crippen LogP contribution in [0.25, 0.3) is 0 Å². The van der Waals surface area contributed by atoms with Crippen LogP contribution in [-0.2, 0) is 4.79 Å². The minimum atomic E-state index is -0.851. The van der Waals surface area contributed by atoms with Gasteiger partial charge in [-0.05, 0) is 25.3 Å². The van der Waals surface area contributed by atoms with Crippen LogP contribution in [-0.4, -0.2) is 22.0 Å². The van der Waals surface area contributed by atoms with E-state index >= 15 is 0 Å². The smallest absolute Gasteiger partial charge is 0.306 e. The molecule has 2 unspecified atom stereocenters. The third-order valence-corrected chi connectivity index (χ3v) is 3.54. The number of hydrogen-bond acceptors (Lipinski definition) is 4. The number of aliphatic carboxylic acids is 1. The number of benzene rings is 1. The second-order valence-corrected chi connectivity index (χ2v) is 4.96. The number of hydrogen-bond donors (Lipinski definition) is 2. The topological polar surface area (TPSA) is 92.5 Å². The lowest BCUT2D eigenvalue weighted by Crippen LogP contribution is -2.31. The number of nitro benzene ring substituents is 1. The largest absolute Gasteiger partial charge is 0.481 e. The minimum Gasteiger partial charge on any atom is -0.481 e. The number of rotatable bonds is 4. The number of nitrogens with zero attached hydrogens (tertiary/aromatic N) is 1. The van der Waals surface area contributed by atoms with E-state index in [4.69, 9.17) is 5.11 Å². The molecule has 20 heavy (non-hydrogen) atoms. The highest BCUT2D eigenvalue weighted by molar-refractivity contribution is 5.70. The van der Waals surface area contributed by atoms with Crippen molar-refractivity contribution in [2.24, 2.45) is 5.92 Å². The average molecular weight is 282 g/mol. The van der Waals surface area contributed by atoms with Gasteiger partial charge in [0.15, 0.2) is 0 Å². The maximum atomic E-state index is 13.6. The van der Waals surface area contributed by atoms with Crippen molar-refractivity contribution in [1.29, 1.82) is 0 Å². The van der Waals surface area contributed by atoms with Gasteiger partial charge in [-0.15, -0.1) is 0 Å². The Balaban J connectivity index is 2.11. The zero-order valence-electron chi connectivity index (χ0n) is 10.7. The van der Waals surface area contributed by atoms with Gasteiger partial charge in [0.1, 0.15) is 5.82 Å². The molecule has 1 aliphatic rings. The Labute approximate surface area is 114 Å². The molecule has 1 aromatic rings. The van der Waals surface area contributed by atoms with E-state index in [1.54, 1.807) is 0 Å². The lowest BCUT2D eigenvalue weighted by Gasteiger charge is -2.28. The number of nitrogens with one attached hydrogen (secondary N) is 1. The van der Waals surface area contributed by atoms with Crippen LogP contribution >= 0.6 is 0 Å². The summed E-state index contributed by atoms with van der Waals surface area (Å²) < 4.78 is 13.6. The average Bonchev–Trinajstić information content (AvgIpc) is 2.41. The van der Waals surface area contributed by atoms with Crippen molar-refractivity contribution in [2.45, 2.75) is 31.7 Å². The summed E-state index contributed by atoms with van der Waals surface area (Å²) in [5.74, 6) is -1.87. The number of carbonyl (C=O) groups is 1. The molecule has 0 bridgehead atoms. The Morgan fingerprint density at radius 3 is 2.85 bits per heavy atom. The molecule has 0 spiro atoms. The third kappa shape index (κ3) is 3.23. The molecule has 2 N–H and O–H groups in total. The summed E-state index contributed by atoms with van der Waals surface area (Å²) in [6.45, 7) is 0. The molecule has 1 saturated carbocycles. The first-order chi connectivity index (χ1) is 9.47. The highest BCUT2D eigenvalue weighted by atomic mass is 19.1. The summed E-state index contributed by atoms with van der Waals surface area (Å²) in [4.78, 5) is 21.1. The summed E-state index contributed by atoms with van der Waals surface area (Å²) in [7, 11) is 0. The molecule has 0 saturated heterocycles. The van der Waals surface area contributed by atoms with E-state index in [0.717, 1.165) is 31.0 Å². The Morgan fingerprint density at radius 2 is 2.20 bits per heavy atom. The fourth-order valence-corrected chi connectivity index (χ4v) is 2.50. The molecule has 0 radical (unpaired) electrons. The molecule has 0 amide bonds. The first-order valence-electron chi connectivity index (χ1n) is 6.40. The molecule has 2 rings (SSSR count). The van der Waals surface area contributed by atoms with Gasteiger partial charge in [-0.1, -0.05) is 6.42 Å². The van der Waals surface area contributed by atoms with Gasteiger partial charge in [0.05, 0.1) is 16.5 Å². The second-order valence-electron chi connectivity index (χ2n) is 4.96. The molecule has 0 aliphatic heterocycles. The van der Waals surface area contributed by atoms with E-state index in [9.17, 15) is 19.3 Å². The van der Waals surface area contributed by atoms with Crippen molar-refractivity contribution in [2.75, 3.05) is 5.32 Å². The van der Waals surface area contributed by atoms with E-state index in [1.165, 1.54) is 0 Å². The van der Waals surface area contributed by atoms with E-state index in [2.05, 4.69) is 5.32 Å². The van der Waals surface area contributed by atoms with Gasteiger partial charge in [-0.2, -0.15) is 0 Å². The summed E-state index contributed by atoms with van der Waals surface area (Å²) >= 11 is 0. The highest BCUT2D eigenvalue weighted by Gasteiger charge is 2.27. The van der Waals surface area contributed by atoms with Gasteiger partial charge in [0.25, 0.3) is 5.69 Å². The molecular formula is C13H15FN2O4. The Kier molecular flexibility index (Phi) is 4.16. The normalized spacial score (nSPS) is 22.2. The number of non-ortho nitro benzene ring substituents is 1. The van der Waals surface area contributed by atoms with E-state index < -0.39 is 22.6 Å². The number of carboxylic acid groups (broad SMARTS) is 1. The lowest BCUT2D eigenvalue weighted by atomic mass is 9.85. The van der Waals surface area contributed by atoms with Crippen LogP contribution in [0, 0.1) is 21.8 Å². The van der Waals surface area contributed by atoms with Gasteiger partial charge >= 0.3 is 5.97 Å². The van der Waals surface area contributed by atoms with Crippen molar-refractivity contribution in [3.05, 3.63) is 34.1 Å². The van der Waals surface area contributed by atoms with Crippen LogP contribution in [0.2, 0.25) is 0 Å². The van der Waals surface area contributed by atoms with Crippen LogP contribution in [0.4, 0.5) is 15.8 Å². The molecule has 1 aromatic carbocycles. The van der Waals surface area contributed by atoms with Crippen molar-refractivity contribution < 1.29 is 19.2 Å². The Bertz CT molecular complexity index is 535. The molecule has 108 valence electrons. The van der Waals surface area contributed by atoms with E-state index in [1.807, 2.05) is 0 Å². The van der Waals surface area contributed by atoms with Gasteiger partial charge < -0.3 is 10.4 Å². The van der Waals surface area contributed by atoms with Crippen molar-refractivity contribution in [1.82, 2.24) is 0 Å². The molecule has 2 atom stereocenters. The van der Waals surface area contributed by atoms with Crippen LogP contribution in [0.15, 0.2) is 18.2 Å². The summed E-state index contributed by atoms with van der Waals surface area (Å²) in [6, 6.07) is 3.10. The van der Waals surface area contributed by atoms with Crippen LogP contribution in [0.3, 0.4) is 0 Å². The Morgan fingerprint density at radius 1 is 1.45 bits per heavy atom. The predicted molar refractivity (Wildman–Crippen MR) is 70.1 cm³/mol. The first-order valence-corrected chi connectivity index (χ1v) is 6.40. The zero-order chi connectivity index (χ0) is 14.7. The quantitative estimate of drug-likeness (QED) is 0.654. The highest BCUT2D eigenvalue weighted by Crippen LogP contribution is 2.29. The fraction of sp³-hybridized carbons (Fsp3) is 0.462. The SMILES string of the molecule is O=C(O)C1CCCC(Nc2cc([N+](=O)[O-])ccc2F)C1. The molecule has 6 nitrogen and oxygen atoms in total. The minimum absolute atomic E-state index is 0.0511. The maximum Gasteiger partial charge on any atom is 0.306 e. The zero-order valence-corrected chi connectivity index (χ0v) is 10.7. The maximum absolute atomic E-state index is 13.6. The number of halogens is 1. The van der Waals surface area contributed by atoms with Gasteiger partial charge in [-0.3, -0.25) is 14.9 Å². The van der Waals surface area contributed by atoms with Gasteiger partial charge in [-0.25, -0.2) is 4.39 Å². The Hall–Kier alpha value is -2.18. The van der Waals surface area contributed by atoms with Crippen LogP contribution in [0.1, 0.15) is 25.7 Å².